The number of ether oxygens (including phenoxy) is 1. The Hall–Kier alpha value is -0.650. The number of rotatable bonds is 4. The number of likely N-dealkylation sites (N-methyl/N-ethyl adjacent to an activating group) is 1. The van der Waals surface area contributed by atoms with Crippen LogP contribution in [0, 0.1) is 0 Å². The van der Waals surface area contributed by atoms with Crippen molar-refractivity contribution in [2.75, 3.05) is 26.8 Å². The fourth-order valence-corrected chi connectivity index (χ4v) is 1.58. The van der Waals surface area contributed by atoms with Crippen LogP contribution in [0.15, 0.2) is 0 Å². The molecule has 0 aromatic rings. The zero-order valence-electron chi connectivity index (χ0n) is 9.38. The summed E-state index contributed by atoms with van der Waals surface area (Å²) in [5.41, 5.74) is -0.722. The third-order valence-electron chi connectivity index (χ3n) is 2.80. The first-order valence-corrected chi connectivity index (χ1v) is 5.32. The Balaban J connectivity index is 2.31. The second-order valence-electron chi connectivity index (χ2n) is 4.05. The Morgan fingerprint density at radius 1 is 1.53 bits per heavy atom. The van der Waals surface area contributed by atoms with Crippen molar-refractivity contribution in [2.24, 2.45) is 0 Å². The highest BCUT2D eigenvalue weighted by atomic mass is 16.5. The van der Waals surface area contributed by atoms with Gasteiger partial charge in [-0.2, -0.15) is 0 Å². The van der Waals surface area contributed by atoms with Gasteiger partial charge >= 0.3 is 0 Å². The molecule has 15 heavy (non-hydrogen) atoms. The Labute approximate surface area is 90.2 Å². The van der Waals surface area contributed by atoms with E-state index in [9.17, 15) is 9.90 Å². The lowest BCUT2D eigenvalue weighted by molar-refractivity contribution is -0.122. The molecule has 5 heteroatoms. The summed E-state index contributed by atoms with van der Waals surface area (Å²) in [6.07, 6.45) is 1.25. The van der Waals surface area contributed by atoms with Crippen molar-refractivity contribution in [1.82, 2.24) is 10.6 Å². The SMILES string of the molecule is CNC(=O)C(C)NCC1(O)CCOCC1. The lowest BCUT2D eigenvalue weighted by Gasteiger charge is -2.33. The van der Waals surface area contributed by atoms with Crippen molar-refractivity contribution in [3.05, 3.63) is 0 Å². The summed E-state index contributed by atoms with van der Waals surface area (Å²) in [7, 11) is 1.60. The van der Waals surface area contributed by atoms with E-state index in [0.717, 1.165) is 0 Å². The Morgan fingerprint density at radius 3 is 2.67 bits per heavy atom. The van der Waals surface area contributed by atoms with Crippen molar-refractivity contribution >= 4 is 5.91 Å². The monoisotopic (exact) mass is 216 g/mol. The summed E-state index contributed by atoms with van der Waals surface area (Å²) in [5, 5.41) is 15.7. The second kappa shape index (κ2) is 5.44. The number of hydrogen-bond acceptors (Lipinski definition) is 4. The molecule has 0 aromatic carbocycles. The zero-order valence-corrected chi connectivity index (χ0v) is 9.38. The summed E-state index contributed by atoms with van der Waals surface area (Å²) < 4.78 is 5.17. The van der Waals surface area contributed by atoms with Crippen LogP contribution in [0.4, 0.5) is 0 Å². The maximum absolute atomic E-state index is 11.2. The number of nitrogens with one attached hydrogen (secondary N) is 2. The molecule has 0 aliphatic carbocycles. The van der Waals surface area contributed by atoms with Crippen LogP contribution in [0.1, 0.15) is 19.8 Å². The van der Waals surface area contributed by atoms with E-state index < -0.39 is 5.60 Å². The topological polar surface area (TPSA) is 70.6 Å². The van der Waals surface area contributed by atoms with Gasteiger partial charge in [-0.1, -0.05) is 0 Å². The van der Waals surface area contributed by atoms with Crippen LogP contribution < -0.4 is 10.6 Å². The van der Waals surface area contributed by atoms with Crippen molar-refractivity contribution in [3.63, 3.8) is 0 Å². The minimum Gasteiger partial charge on any atom is -0.388 e. The molecular formula is C10H20N2O3. The maximum atomic E-state index is 11.2. The summed E-state index contributed by atoms with van der Waals surface area (Å²) in [6, 6.07) is -0.276. The van der Waals surface area contributed by atoms with Gasteiger partial charge in [-0.05, 0) is 6.92 Å². The molecule has 1 heterocycles. The quantitative estimate of drug-likeness (QED) is 0.578. The Bertz CT molecular complexity index is 215. The third-order valence-corrected chi connectivity index (χ3v) is 2.80. The molecule has 1 rings (SSSR count). The molecule has 0 saturated carbocycles. The van der Waals surface area contributed by atoms with Crippen LogP contribution in [0.3, 0.4) is 0 Å². The van der Waals surface area contributed by atoms with Crippen LogP contribution in [-0.4, -0.2) is 49.5 Å². The summed E-state index contributed by atoms with van der Waals surface area (Å²) in [6.45, 7) is 3.39. The van der Waals surface area contributed by atoms with Crippen LogP contribution >= 0.6 is 0 Å². The molecule has 3 N–H and O–H groups in total. The van der Waals surface area contributed by atoms with Crippen molar-refractivity contribution in [1.29, 1.82) is 0 Å². The number of carbonyl (C=O) groups is 1. The van der Waals surface area contributed by atoms with Gasteiger partial charge in [0, 0.05) is 39.6 Å². The third kappa shape index (κ3) is 3.77. The predicted octanol–water partition coefficient (Wildman–Crippen LogP) is -0.748. The van der Waals surface area contributed by atoms with E-state index in [1.54, 1.807) is 14.0 Å². The van der Waals surface area contributed by atoms with Gasteiger partial charge in [-0.3, -0.25) is 4.79 Å². The van der Waals surface area contributed by atoms with Crippen LogP contribution in [-0.2, 0) is 9.53 Å². The summed E-state index contributed by atoms with van der Waals surface area (Å²) in [4.78, 5) is 11.2. The number of carbonyl (C=O) groups excluding carboxylic acids is 1. The lowest BCUT2D eigenvalue weighted by atomic mass is 9.94. The van der Waals surface area contributed by atoms with E-state index in [-0.39, 0.29) is 11.9 Å². The van der Waals surface area contributed by atoms with Gasteiger partial charge in [-0.25, -0.2) is 0 Å². The molecule has 1 atom stereocenters. The Morgan fingerprint density at radius 2 is 2.13 bits per heavy atom. The fourth-order valence-electron chi connectivity index (χ4n) is 1.58. The molecule has 1 saturated heterocycles. The van der Waals surface area contributed by atoms with Crippen LogP contribution in [0.5, 0.6) is 0 Å². The molecule has 0 bridgehead atoms. The zero-order chi connectivity index (χ0) is 11.3. The average molecular weight is 216 g/mol. The van der Waals surface area contributed by atoms with E-state index >= 15 is 0 Å². The molecule has 1 aliphatic rings. The second-order valence-corrected chi connectivity index (χ2v) is 4.05. The molecular weight excluding hydrogens is 196 g/mol. The van der Waals surface area contributed by atoms with Gasteiger partial charge in [-0.15, -0.1) is 0 Å². The first-order valence-electron chi connectivity index (χ1n) is 5.32. The lowest BCUT2D eigenvalue weighted by Crippen LogP contribution is -2.50. The summed E-state index contributed by atoms with van der Waals surface area (Å²) >= 11 is 0. The largest absolute Gasteiger partial charge is 0.388 e. The van der Waals surface area contributed by atoms with E-state index in [4.69, 9.17) is 4.74 Å². The summed E-state index contributed by atoms with van der Waals surface area (Å²) in [5.74, 6) is -0.0642. The van der Waals surface area contributed by atoms with Gasteiger partial charge in [0.2, 0.25) is 5.91 Å². The van der Waals surface area contributed by atoms with Gasteiger partial charge in [0.15, 0.2) is 0 Å². The highest BCUT2D eigenvalue weighted by molar-refractivity contribution is 5.80. The highest BCUT2D eigenvalue weighted by Gasteiger charge is 2.30. The molecule has 5 nitrogen and oxygen atoms in total. The molecule has 1 amide bonds. The molecule has 0 aromatic heterocycles. The minimum absolute atomic E-state index is 0.0642. The maximum Gasteiger partial charge on any atom is 0.236 e. The first-order chi connectivity index (χ1) is 7.07. The van der Waals surface area contributed by atoms with Gasteiger partial charge in [0.25, 0.3) is 0 Å². The van der Waals surface area contributed by atoms with Gasteiger partial charge in [0.1, 0.15) is 0 Å². The molecule has 1 unspecified atom stereocenters. The van der Waals surface area contributed by atoms with Gasteiger partial charge in [0.05, 0.1) is 11.6 Å². The van der Waals surface area contributed by atoms with Crippen LogP contribution in [0.2, 0.25) is 0 Å². The Kier molecular flexibility index (Phi) is 4.50. The number of hydrogen-bond donors (Lipinski definition) is 3. The number of amides is 1. The van der Waals surface area contributed by atoms with E-state index in [2.05, 4.69) is 10.6 Å². The average Bonchev–Trinajstić information content (AvgIpc) is 2.26. The molecule has 0 spiro atoms. The van der Waals surface area contributed by atoms with Crippen molar-refractivity contribution in [2.45, 2.75) is 31.4 Å². The van der Waals surface area contributed by atoms with Crippen molar-refractivity contribution < 1.29 is 14.6 Å². The van der Waals surface area contributed by atoms with Crippen LogP contribution in [0.25, 0.3) is 0 Å². The molecule has 0 radical (unpaired) electrons. The first kappa shape index (κ1) is 12.4. The highest BCUT2D eigenvalue weighted by Crippen LogP contribution is 2.19. The van der Waals surface area contributed by atoms with E-state index in [0.29, 0.717) is 32.6 Å². The smallest absolute Gasteiger partial charge is 0.236 e. The minimum atomic E-state index is -0.722. The van der Waals surface area contributed by atoms with Crippen molar-refractivity contribution in [3.8, 4) is 0 Å². The fraction of sp³-hybridized carbons (Fsp3) is 0.900. The van der Waals surface area contributed by atoms with E-state index in [1.807, 2.05) is 0 Å². The molecule has 1 aliphatic heterocycles. The number of aliphatic hydroxyl groups is 1. The van der Waals surface area contributed by atoms with E-state index in [1.165, 1.54) is 0 Å². The molecule has 1 fully saturated rings. The van der Waals surface area contributed by atoms with Gasteiger partial charge < -0.3 is 20.5 Å². The predicted molar refractivity (Wildman–Crippen MR) is 56.5 cm³/mol. The standard InChI is InChI=1S/C10H20N2O3/c1-8(9(13)11-2)12-7-10(14)3-5-15-6-4-10/h8,12,14H,3-7H2,1-2H3,(H,11,13). The normalized spacial score (nSPS) is 22.1. The molecule has 88 valence electrons.